The second-order valence-corrected chi connectivity index (χ2v) is 10.1. The van der Waals surface area contributed by atoms with E-state index in [1.807, 2.05) is 12.1 Å². The second kappa shape index (κ2) is 12.4. The van der Waals surface area contributed by atoms with E-state index >= 15 is 0 Å². The predicted octanol–water partition coefficient (Wildman–Crippen LogP) is 5.31. The third-order valence-electron chi connectivity index (χ3n) is 7.17. The molecule has 1 spiro atoms. The van der Waals surface area contributed by atoms with Gasteiger partial charge in [-0.05, 0) is 43.7 Å². The number of halogens is 1. The highest BCUT2D eigenvalue weighted by Crippen LogP contribution is 2.41. The van der Waals surface area contributed by atoms with Crippen LogP contribution in [0.15, 0.2) is 36.4 Å². The molecule has 0 atom stereocenters. The highest BCUT2D eigenvalue weighted by Gasteiger charge is 2.52. The number of amides is 3. The van der Waals surface area contributed by atoms with Gasteiger partial charge in [-0.15, -0.1) is 0 Å². The number of benzene rings is 2. The van der Waals surface area contributed by atoms with Gasteiger partial charge in [-0.3, -0.25) is 4.90 Å². The normalized spacial score (nSPS) is 16.2. The smallest absolute Gasteiger partial charge is 0.409 e. The zero-order valence-corrected chi connectivity index (χ0v) is 23.2. The Morgan fingerprint density at radius 1 is 0.949 bits per heavy atom. The summed E-state index contributed by atoms with van der Waals surface area (Å²) < 4.78 is 36.3. The van der Waals surface area contributed by atoms with Gasteiger partial charge in [-0.1, -0.05) is 19.8 Å². The lowest BCUT2D eigenvalue weighted by molar-refractivity contribution is -0.0212. The lowest BCUT2D eigenvalue weighted by atomic mass is 9.77. The van der Waals surface area contributed by atoms with Crippen molar-refractivity contribution in [2.75, 3.05) is 58.5 Å². The summed E-state index contributed by atoms with van der Waals surface area (Å²) in [7, 11) is 3.10. The van der Waals surface area contributed by atoms with Crippen LogP contribution in [0.5, 0.6) is 17.2 Å². The number of nitrogens with zero attached hydrogens (tertiary/aromatic N) is 3. The maximum atomic E-state index is 14.1. The van der Waals surface area contributed by atoms with Crippen molar-refractivity contribution in [2.24, 2.45) is 5.41 Å². The summed E-state index contributed by atoms with van der Waals surface area (Å²) in [5, 5.41) is 0. The molecule has 3 amide bonds. The predicted molar refractivity (Wildman–Crippen MR) is 145 cm³/mol. The van der Waals surface area contributed by atoms with Crippen LogP contribution in [0.2, 0.25) is 0 Å². The number of hydrogen-bond acceptors (Lipinski definition) is 6. The molecule has 0 unspecified atom stereocenters. The van der Waals surface area contributed by atoms with Crippen molar-refractivity contribution in [3.63, 3.8) is 0 Å². The Morgan fingerprint density at radius 2 is 1.69 bits per heavy atom. The van der Waals surface area contributed by atoms with Crippen molar-refractivity contribution in [1.82, 2.24) is 9.80 Å². The number of anilines is 1. The topological polar surface area (TPSA) is 80.8 Å². The Balaban J connectivity index is 1.63. The van der Waals surface area contributed by atoms with Crippen LogP contribution in [0.4, 0.5) is 19.7 Å². The fourth-order valence-corrected chi connectivity index (χ4v) is 5.29. The third kappa shape index (κ3) is 6.32. The van der Waals surface area contributed by atoms with Crippen LogP contribution in [-0.4, -0.2) is 75.5 Å². The van der Waals surface area contributed by atoms with Crippen molar-refractivity contribution >= 4 is 17.8 Å². The van der Waals surface area contributed by atoms with Crippen molar-refractivity contribution in [1.29, 1.82) is 0 Å². The average molecular weight is 544 g/mol. The standard InChI is InChI=1S/C29H38FN3O6/c1-5-7-8-13-39-26-15-23(10-12-25(26)37-4)33-20-29(18-32(19-29)28(35)38-6-2)17-31(27(33)34)16-21-14-22(30)9-11-24(21)36-3/h9-12,14-15H,5-8,13,16-20H2,1-4H3. The highest BCUT2D eigenvalue weighted by molar-refractivity contribution is 5.93. The van der Waals surface area contributed by atoms with Gasteiger partial charge in [0.05, 0.1) is 34.0 Å². The monoisotopic (exact) mass is 543 g/mol. The summed E-state index contributed by atoms with van der Waals surface area (Å²) in [5.74, 6) is 1.26. The van der Waals surface area contributed by atoms with Crippen LogP contribution in [0.25, 0.3) is 0 Å². The van der Waals surface area contributed by atoms with Gasteiger partial charge in [0.25, 0.3) is 0 Å². The van der Waals surface area contributed by atoms with Crippen molar-refractivity contribution in [2.45, 2.75) is 39.7 Å². The van der Waals surface area contributed by atoms with E-state index in [2.05, 4.69) is 6.92 Å². The first-order chi connectivity index (χ1) is 18.8. The first kappa shape index (κ1) is 28.3. The van der Waals surface area contributed by atoms with Gasteiger partial charge in [0.1, 0.15) is 11.6 Å². The SMILES string of the molecule is CCCCCOc1cc(N2CC3(CN(C(=O)OCC)C3)CN(Cc3cc(F)ccc3OC)C2=O)ccc1OC. The minimum Gasteiger partial charge on any atom is -0.496 e. The molecule has 2 aliphatic rings. The van der Waals surface area contributed by atoms with Gasteiger partial charge in [0, 0.05) is 48.9 Å². The lowest BCUT2D eigenvalue weighted by Crippen LogP contribution is -2.71. The van der Waals surface area contributed by atoms with Crippen LogP contribution >= 0.6 is 0 Å². The molecule has 212 valence electrons. The van der Waals surface area contributed by atoms with Gasteiger partial charge >= 0.3 is 12.1 Å². The van der Waals surface area contributed by atoms with Gasteiger partial charge < -0.3 is 28.7 Å². The molecule has 2 heterocycles. The molecule has 2 aliphatic heterocycles. The molecule has 2 aromatic rings. The number of rotatable bonds is 11. The maximum Gasteiger partial charge on any atom is 0.409 e. The Hall–Kier alpha value is -3.69. The second-order valence-electron chi connectivity index (χ2n) is 10.1. The molecule has 0 N–H and O–H groups in total. The zero-order chi connectivity index (χ0) is 28.0. The summed E-state index contributed by atoms with van der Waals surface area (Å²) in [5.41, 5.74) is 0.860. The quantitative estimate of drug-likeness (QED) is 0.357. The Kier molecular flexibility index (Phi) is 9.04. The van der Waals surface area contributed by atoms with Gasteiger partial charge in [0.15, 0.2) is 11.5 Å². The van der Waals surface area contributed by atoms with E-state index in [-0.39, 0.29) is 24.1 Å². The lowest BCUT2D eigenvalue weighted by Gasteiger charge is -2.56. The first-order valence-electron chi connectivity index (χ1n) is 13.4. The van der Waals surface area contributed by atoms with Crippen LogP contribution in [0, 0.1) is 11.2 Å². The largest absolute Gasteiger partial charge is 0.496 e. The molecule has 0 aromatic heterocycles. The molecule has 0 radical (unpaired) electrons. The minimum atomic E-state index is -0.404. The van der Waals surface area contributed by atoms with E-state index < -0.39 is 5.82 Å². The Labute approximate surface area is 229 Å². The van der Waals surface area contributed by atoms with E-state index in [0.717, 1.165) is 19.3 Å². The highest BCUT2D eigenvalue weighted by atomic mass is 19.1. The number of urea groups is 1. The van der Waals surface area contributed by atoms with E-state index in [0.29, 0.717) is 67.9 Å². The molecule has 0 saturated carbocycles. The number of methoxy groups -OCH3 is 2. The van der Waals surface area contributed by atoms with Crippen LogP contribution in [0.3, 0.4) is 0 Å². The van der Waals surface area contributed by atoms with Crippen molar-refractivity contribution in [3.8, 4) is 17.2 Å². The summed E-state index contributed by atoms with van der Waals surface area (Å²) in [6.07, 6.45) is 2.70. The summed E-state index contributed by atoms with van der Waals surface area (Å²) in [6.45, 7) is 6.63. The number of carbonyl (C=O) groups excluding carboxylic acids is 2. The molecular formula is C29H38FN3O6. The number of ether oxygens (including phenoxy) is 4. The van der Waals surface area contributed by atoms with E-state index in [1.54, 1.807) is 40.9 Å². The molecule has 10 heteroatoms. The average Bonchev–Trinajstić information content (AvgIpc) is 2.91. The van der Waals surface area contributed by atoms with Crippen LogP contribution in [0.1, 0.15) is 38.7 Å². The zero-order valence-electron chi connectivity index (χ0n) is 23.2. The number of likely N-dealkylation sites (tertiary alicyclic amines) is 1. The van der Waals surface area contributed by atoms with Crippen LogP contribution < -0.4 is 19.1 Å². The summed E-state index contributed by atoms with van der Waals surface area (Å²) in [6, 6.07) is 9.51. The van der Waals surface area contributed by atoms with Gasteiger partial charge in [0.2, 0.25) is 0 Å². The molecule has 2 fully saturated rings. The van der Waals surface area contributed by atoms with E-state index in [4.69, 9.17) is 18.9 Å². The molecule has 39 heavy (non-hydrogen) atoms. The fourth-order valence-electron chi connectivity index (χ4n) is 5.29. The van der Waals surface area contributed by atoms with Gasteiger partial charge in [-0.2, -0.15) is 0 Å². The number of carbonyl (C=O) groups is 2. The van der Waals surface area contributed by atoms with Gasteiger partial charge in [-0.25, -0.2) is 14.0 Å². The molecule has 0 aliphatic carbocycles. The summed E-state index contributed by atoms with van der Waals surface area (Å²) >= 11 is 0. The van der Waals surface area contributed by atoms with E-state index in [1.165, 1.54) is 19.2 Å². The fraction of sp³-hybridized carbons (Fsp3) is 0.517. The first-order valence-corrected chi connectivity index (χ1v) is 13.4. The molecule has 2 saturated heterocycles. The van der Waals surface area contributed by atoms with Crippen LogP contribution in [-0.2, 0) is 11.3 Å². The van der Waals surface area contributed by atoms with Crippen molar-refractivity contribution < 1.29 is 32.9 Å². The third-order valence-corrected chi connectivity index (χ3v) is 7.17. The number of unbranched alkanes of at least 4 members (excludes halogenated alkanes) is 2. The maximum absolute atomic E-state index is 14.1. The Bertz CT molecular complexity index is 1170. The summed E-state index contributed by atoms with van der Waals surface area (Å²) in [4.78, 5) is 31.3. The molecule has 9 nitrogen and oxygen atoms in total. The number of hydrogen-bond donors (Lipinski definition) is 0. The molecule has 2 aromatic carbocycles. The molecule has 4 rings (SSSR count). The molecular weight excluding hydrogens is 505 g/mol. The van der Waals surface area contributed by atoms with E-state index in [9.17, 15) is 14.0 Å². The van der Waals surface area contributed by atoms with Crippen molar-refractivity contribution in [3.05, 3.63) is 47.8 Å². The molecule has 0 bridgehead atoms. The minimum absolute atomic E-state index is 0.161. The Morgan fingerprint density at radius 3 is 2.38 bits per heavy atom.